The lowest BCUT2D eigenvalue weighted by Gasteiger charge is -2.61. The molecule has 7 rings (SSSR count). The van der Waals surface area contributed by atoms with E-state index in [1.807, 2.05) is 0 Å². The molecule has 1 aromatic carbocycles. The van der Waals surface area contributed by atoms with Gasteiger partial charge in [0.05, 0.1) is 29.2 Å². The van der Waals surface area contributed by atoms with E-state index in [1.54, 1.807) is 36.4 Å². The molecule has 0 aromatic heterocycles. The van der Waals surface area contributed by atoms with Gasteiger partial charge in [-0.05, 0) is 31.4 Å². The van der Waals surface area contributed by atoms with E-state index in [1.165, 1.54) is 0 Å². The summed E-state index contributed by atoms with van der Waals surface area (Å²) in [5, 5.41) is 2.93. The maximum absolute atomic E-state index is 13.3. The number of esters is 4. The van der Waals surface area contributed by atoms with Crippen molar-refractivity contribution in [3.05, 3.63) is 47.5 Å². The lowest BCUT2D eigenvalue weighted by atomic mass is 9.40. The highest BCUT2D eigenvalue weighted by molar-refractivity contribution is 6.07. The number of carbonyl (C=O) groups excluding carboxylic acids is 5. The molecule has 6 aliphatic rings. The summed E-state index contributed by atoms with van der Waals surface area (Å²) in [5.41, 5.74) is -1.36. The molecular weight excluding hydrogens is 426 g/mol. The second kappa shape index (κ2) is 6.85. The van der Waals surface area contributed by atoms with Gasteiger partial charge in [-0.15, -0.1) is 0 Å². The number of hydrogen-bond acceptors (Lipinski definition) is 7. The Morgan fingerprint density at radius 3 is 2.00 bits per heavy atom. The molecule has 2 heterocycles. The minimum absolute atomic E-state index is 0.342. The Kier molecular flexibility index (Phi) is 4.22. The number of hydrogen-bond donors (Lipinski definition) is 1. The zero-order valence-corrected chi connectivity index (χ0v) is 17.9. The van der Waals surface area contributed by atoms with Crippen LogP contribution in [0.5, 0.6) is 0 Å². The Balaban J connectivity index is 1.60. The number of cyclic esters (lactones) is 4. The normalized spacial score (nSPS) is 38.8. The van der Waals surface area contributed by atoms with E-state index < -0.39 is 64.4 Å². The summed E-state index contributed by atoms with van der Waals surface area (Å²) in [6.07, 6.45) is 6.48. The number of carbonyl (C=O) groups is 5. The van der Waals surface area contributed by atoms with E-state index in [2.05, 4.69) is 5.32 Å². The van der Waals surface area contributed by atoms with Crippen LogP contribution in [0.25, 0.3) is 0 Å². The van der Waals surface area contributed by atoms with E-state index in [0.717, 1.165) is 31.3 Å². The average molecular weight is 449 g/mol. The topological polar surface area (TPSA) is 116 Å². The highest BCUT2D eigenvalue weighted by Gasteiger charge is 2.80. The summed E-state index contributed by atoms with van der Waals surface area (Å²) in [5.74, 6) is -7.41. The van der Waals surface area contributed by atoms with Crippen molar-refractivity contribution in [1.29, 1.82) is 0 Å². The van der Waals surface area contributed by atoms with Crippen LogP contribution in [0.2, 0.25) is 0 Å². The maximum Gasteiger partial charge on any atom is 0.320 e. The molecule has 6 atom stereocenters. The van der Waals surface area contributed by atoms with Gasteiger partial charge in [-0.2, -0.15) is 0 Å². The van der Waals surface area contributed by atoms with Gasteiger partial charge in [-0.3, -0.25) is 24.0 Å². The predicted molar refractivity (Wildman–Crippen MR) is 111 cm³/mol. The van der Waals surface area contributed by atoms with Crippen LogP contribution in [-0.2, 0) is 28.7 Å². The zero-order chi connectivity index (χ0) is 23.0. The minimum Gasteiger partial charge on any atom is -0.393 e. The van der Waals surface area contributed by atoms with Gasteiger partial charge >= 0.3 is 23.9 Å². The van der Waals surface area contributed by atoms with Crippen molar-refractivity contribution in [2.45, 2.75) is 44.1 Å². The van der Waals surface area contributed by atoms with Crippen LogP contribution in [0.15, 0.2) is 42.0 Å². The number of ether oxygens (including phenoxy) is 2. The third-order valence-electron chi connectivity index (χ3n) is 8.39. The fraction of sp³-hybridized carbons (Fsp3) is 0.480. The van der Waals surface area contributed by atoms with Crippen LogP contribution in [-0.4, -0.2) is 35.3 Å². The smallest absolute Gasteiger partial charge is 0.320 e. The Bertz CT molecular complexity index is 1090. The van der Waals surface area contributed by atoms with Crippen LogP contribution < -0.4 is 5.32 Å². The maximum atomic E-state index is 13.3. The van der Waals surface area contributed by atoms with Gasteiger partial charge in [0.15, 0.2) is 0 Å². The Morgan fingerprint density at radius 1 is 0.788 bits per heavy atom. The lowest BCUT2D eigenvalue weighted by molar-refractivity contribution is -0.157. The fourth-order valence-corrected chi connectivity index (χ4v) is 7.26. The number of allylic oxidation sites excluding steroid dienone is 1. The monoisotopic (exact) mass is 449 g/mol. The molecule has 4 aliphatic carbocycles. The molecule has 2 saturated heterocycles. The molecular formula is C25H23NO7. The average Bonchev–Trinajstić information content (AvgIpc) is 3.27. The molecule has 1 aromatic rings. The first-order valence-corrected chi connectivity index (χ1v) is 11.5. The third kappa shape index (κ3) is 2.49. The summed E-state index contributed by atoms with van der Waals surface area (Å²) >= 11 is 0. The molecule has 4 fully saturated rings. The summed E-state index contributed by atoms with van der Waals surface area (Å²) in [6.45, 7) is 0. The highest BCUT2D eigenvalue weighted by Crippen LogP contribution is 2.69. The summed E-state index contributed by atoms with van der Waals surface area (Å²) in [4.78, 5) is 65.7. The molecule has 170 valence electrons. The van der Waals surface area contributed by atoms with E-state index in [-0.39, 0.29) is 0 Å². The highest BCUT2D eigenvalue weighted by atomic mass is 16.6. The molecule has 1 amide bonds. The van der Waals surface area contributed by atoms with Crippen molar-refractivity contribution in [3.63, 3.8) is 0 Å². The molecule has 8 nitrogen and oxygen atoms in total. The third-order valence-corrected chi connectivity index (χ3v) is 8.39. The summed E-state index contributed by atoms with van der Waals surface area (Å²) in [7, 11) is 0. The van der Waals surface area contributed by atoms with Crippen LogP contribution in [0.1, 0.15) is 48.9 Å². The number of nitrogens with one attached hydrogen (secondary N) is 1. The molecule has 2 aliphatic heterocycles. The number of benzene rings is 1. The van der Waals surface area contributed by atoms with Crippen LogP contribution in [0.3, 0.4) is 0 Å². The quantitative estimate of drug-likeness (QED) is 0.417. The van der Waals surface area contributed by atoms with E-state index in [4.69, 9.17) is 9.47 Å². The van der Waals surface area contributed by atoms with Crippen LogP contribution >= 0.6 is 0 Å². The Labute approximate surface area is 189 Å². The molecule has 2 saturated carbocycles. The second-order valence-corrected chi connectivity index (χ2v) is 9.77. The largest absolute Gasteiger partial charge is 0.393 e. The van der Waals surface area contributed by atoms with E-state index in [0.29, 0.717) is 18.4 Å². The molecule has 0 radical (unpaired) electrons. The number of rotatable bonds is 2. The van der Waals surface area contributed by atoms with Crippen molar-refractivity contribution < 1.29 is 33.4 Å². The van der Waals surface area contributed by atoms with Crippen molar-refractivity contribution in [1.82, 2.24) is 5.32 Å². The lowest BCUT2D eigenvalue weighted by Crippen LogP contribution is -2.73. The molecule has 1 spiro atoms. The standard InChI is InChI=1S/C25H23NO7/c27-19(13-8-4-3-5-9-13)26-25-12-14-10-6-1-2-7-11-24(14,15-17(25)22(30)32-20(15)28)16-18(25)23(31)33-21(16)29/h3-5,8-9,12,15-18H,1-2,6-7,10-11H2,(H,26,27)/t15-,16+,17+,18-,24?,25?. The predicted octanol–water partition coefficient (Wildman–Crippen LogP) is 2.08. The molecule has 33 heavy (non-hydrogen) atoms. The van der Waals surface area contributed by atoms with Crippen LogP contribution in [0.4, 0.5) is 0 Å². The van der Waals surface area contributed by atoms with Gasteiger partial charge in [-0.25, -0.2) is 0 Å². The van der Waals surface area contributed by atoms with Crippen molar-refractivity contribution >= 4 is 29.8 Å². The minimum atomic E-state index is -1.56. The van der Waals surface area contributed by atoms with Gasteiger partial charge in [0, 0.05) is 11.0 Å². The Morgan fingerprint density at radius 2 is 1.36 bits per heavy atom. The van der Waals surface area contributed by atoms with E-state index >= 15 is 0 Å². The summed E-state index contributed by atoms with van der Waals surface area (Å²) in [6, 6.07) is 8.43. The SMILES string of the molecule is O=C(NC12C=C3CCCCCCC3([C@@H]3C(=O)OC(=O)[C@@H]31)[C@H]1C(=O)OC(=O)[C@H]12)c1ccccc1. The first-order valence-electron chi connectivity index (χ1n) is 11.5. The number of amides is 1. The van der Waals surface area contributed by atoms with Crippen molar-refractivity contribution in [2.24, 2.45) is 29.1 Å². The van der Waals surface area contributed by atoms with Gasteiger partial charge in [0.25, 0.3) is 5.91 Å². The summed E-state index contributed by atoms with van der Waals surface area (Å²) < 4.78 is 10.3. The molecule has 2 unspecified atom stereocenters. The second-order valence-electron chi connectivity index (χ2n) is 9.77. The van der Waals surface area contributed by atoms with Crippen LogP contribution in [0, 0.1) is 29.1 Å². The molecule has 8 heteroatoms. The molecule has 1 N–H and O–H groups in total. The van der Waals surface area contributed by atoms with Gasteiger partial charge in [0.2, 0.25) is 0 Å². The molecule has 2 bridgehead atoms. The van der Waals surface area contributed by atoms with Gasteiger partial charge < -0.3 is 14.8 Å². The van der Waals surface area contributed by atoms with Crippen molar-refractivity contribution in [2.75, 3.05) is 0 Å². The van der Waals surface area contributed by atoms with Gasteiger partial charge in [-0.1, -0.05) is 49.1 Å². The van der Waals surface area contributed by atoms with Gasteiger partial charge in [0.1, 0.15) is 0 Å². The Hall–Kier alpha value is -3.29. The first-order chi connectivity index (χ1) is 15.9. The zero-order valence-electron chi connectivity index (χ0n) is 17.9. The first kappa shape index (κ1) is 20.3. The fourth-order valence-electron chi connectivity index (χ4n) is 7.26. The van der Waals surface area contributed by atoms with E-state index in [9.17, 15) is 24.0 Å². The van der Waals surface area contributed by atoms with Crippen molar-refractivity contribution in [3.8, 4) is 0 Å².